The molecule has 0 heterocycles. The number of carbonyl (C=O) groups excluding carboxylic acids is 1. The molecular formula is C8H15NO. The molecule has 2 nitrogen and oxygen atoms in total. The molecule has 2 heteroatoms. The van der Waals surface area contributed by atoms with Gasteiger partial charge in [0.1, 0.15) is 0 Å². The molecule has 0 radical (unpaired) electrons. The van der Waals surface area contributed by atoms with Crippen LogP contribution in [0.3, 0.4) is 0 Å². The smallest absolute Gasteiger partial charge is 0.225 e. The van der Waals surface area contributed by atoms with E-state index in [9.17, 15) is 4.79 Å². The van der Waals surface area contributed by atoms with Crippen molar-refractivity contribution in [3.8, 4) is 0 Å². The van der Waals surface area contributed by atoms with E-state index in [1.54, 1.807) is 6.08 Å². The van der Waals surface area contributed by atoms with Crippen LogP contribution >= 0.6 is 0 Å². The summed E-state index contributed by atoms with van der Waals surface area (Å²) in [4.78, 5) is 11.1. The molecule has 0 bridgehead atoms. The number of hydrogen-bond donors (Lipinski definition) is 1. The summed E-state index contributed by atoms with van der Waals surface area (Å²) in [6, 6.07) is 0. The Morgan fingerprint density at radius 1 is 1.60 bits per heavy atom. The van der Waals surface area contributed by atoms with Crippen molar-refractivity contribution in [2.24, 2.45) is 5.41 Å². The number of carbonyl (C=O) groups is 1. The largest absolute Gasteiger partial charge is 0.352 e. The van der Waals surface area contributed by atoms with E-state index in [0.29, 0.717) is 6.54 Å². The quantitative estimate of drug-likeness (QED) is 0.577. The lowest BCUT2D eigenvalue weighted by Gasteiger charge is -2.16. The van der Waals surface area contributed by atoms with Crippen LogP contribution in [-0.2, 0) is 4.79 Å². The van der Waals surface area contributed by atoms with Gasteiger partial charge in [-0.05, 0) is 0 Å². The zero-order valence-electron chi connectivity index (χ0n) is 6.90. The molecule has 1 N–H and O–H groups in total. The van der Waals surface area contributed by atoms with Gasteiger partial charge in [0.05, 0.1) is 0 Å². The first-order valence-electron chi connectivity index (χ1n) is 3.37. The minimum Gasteiger partial charge on any atom is -0.352 e. The van der Waals surface area contributed by atoms with E-state index >= 15 is 0 Å². The van der Waals surface area contributed by atoms with Crippen molar-refractivity contribution < 1.29 is 4.79 Å². The van der Waals surface area contributed by atoms with E-state index in [0.717, 1.165) is 0 Å². The Morgan fingerprint density at radius 2 is 2.10 bits per heavy atom. The number of amides is 1. The average molecular weight is 141 g/mol. The molecule has 0 rings (SSSR count). The highest BCUT2D eigenvalue weighted by Crippen LogP contribution is 2.11. The Bertz CT molecular complexity index is 133. The van der Waals surface area contributed by atoms with Crippen LogP contribution in [0.2, 0.25) is 0 Å². The van der Waals surface area contributed by atoms with Crippen LogP contribution in [0, 0.1) is 5.41 Å². The molecular weight excluding hydrogens is 126 g/mol. The normalized spacial score (nSPS) is 10.7. The Hall–Kier alpha value is -0.790. The molecule has 0 spiro atoms. The van der Waals surface area contributed by atoms with E-state index in [1.165, 1.54) is 0 Å². The van der Waals surface area contributed by atoms with E-state index in [-0.39, 0.29) is 11.3 Å². The second-order valence-corrected chi connectivity index (χ2v) is 3.25. The van der Waals surface area contributed by atoms with Gasteiger partial charge in [-0.25, -0.2) is 0 Å². The highest BCUT2D eigenvalue weighted by atomic mass is 16.2. The summed E-state index contributed by atoms with van der Waals surface area (Å²) in [5, 5.41) is 2.72. The minimum absolute atomic E-state index is 0.0624. The van der Waals surface area contributed by atoms with E-state index in [2.05, 4.69) is 11.9 Å². The summed E-state index contributed by atoms with van der Waals surface area (Å²) in [6.07, 6.45) is 1.67. The lowest BCUT2D eigenvalue weighted by molar-refractivity contribution is -0.128. The van der Waals surface area contributed by atoms with Crippen LogP contribution in [0.15, 0.2) is 12.7 Å². The van der Waals surface area contributed by atoms with Crippen molar-refractivity contribution in [3.05, 3.63) is 12.7 Å². The van der Waals surface area contributed by atoms with Crippen molar-refractivity contribution in [3.63, 3.8) is 0 Å². The molecule has 1 amide bonds. The molecule has 0 aliphatic rings. The maximum absolute atomic E-state index is 11.1. The molecule has 10 heavy (non-hydrogen) atoms. The van der Waals surface area contributed by atoms with E-state index in [4.69, 9.17) is 0 Å². The second kappa shape index (κ2) is 3.40. The first-order valence-corrected chi connectivity index (χ1v) is 3.37. The molecule has 0 fully saturated rings. The highest BCUT2D eigenvalue weighted by molar-refractivity contribution is 5.81. The zero-order chi connectivity index (χ0) is 8.20. The van der Waals surface area contributed by atoms with Crippen LogP contribution in [0.1, 0.15) is 20.8 Å². The Kier molecular flexibility index (Phi) is 3.13. The standard InChI is InChI=1S/C8H15NO/c1-5-6-9-7(10)8(2,3)4/h5H,1,6H2,2-4H3,(H,9,10). The molecule has 0 aromatic heterocycles. The molecule has 0 aliphatic heterocycles. The summed E-state index contributed by atoms with van der Waals surface area (Å²) in [6.45, 7) is 9.69. The van der Waals surface area contributed by atoms with Gasteiger partial charge in [-0.3, -0.25) is 4.79 Å². The predicted molar refractivity (Wildman–Crippen MR) is 42.7 cm³/mol. The topological polar surface area (TPSA) is 29.1 Å². The third-order valence-corrected chi connectivity index (χ3v) is 1.09. The van der Waals surface area contributed by atoms with Gasteiger partial charge in [-0.1, -0.05) is 26.8 Å². The van der Waals surface area contributed by atoms with Gasteiger partial charge >= 0.3 is 0 Å². The molecule has 0 aromatic rings. The molecule has 0 aliphatic carbocycles. The fraction of sp³-hybridized carbons (Fsp3) is 0.625. The monoisotopic (exact) mass is 141 g/mol. The Morgan fingerprint density at radius 3 is 2.40 bits per heavy atom. The van der Waals surface area contributed by atoms with Crippen LogP contribution < -0.4 is 5.32 Å². The average Bonchev–Trinajstić information content (AvgIpc) is 1.80. The summed E-state index contributed by atoms with van der Waals surface area (Å²) in [5.74, 6) is 0.0624. The first kappa shape index (κ1) is 9.21. The van der Waals surface area contributed by atoms with Gasteiger partial charge in [0.2, 0.25) is 5.91 Å². The second-order valence-electron chi connectivity index (χ2n) is 3.25. The van der Waals surface area contributed by atoms with Crippen LogP contribution in [0.4, 0.5) is 0 Å². The van der Waals surface area contributed by atoms with Gasteiger partial charge in [0.25, 0.3) is 0 Å². The van der Waals surface area contributed by atoms with Crippen molar-refractivity contribution >= 4 is 5.91 Å². The molecule has 0 atom stereocenters. The van der Waals surface area contributed by atoms with Gasteiger partial charge in [0, 0.05) is 12.0 Å². The van der Waals surface area contributed by atoms with Gasteiger partial charge < -0.3 is 5.32 Å². The molecule has 0 saturated carbocycles. The van der Waals surface area contributed by atoms with Gasteiger partial charge in [0.15, 0.2) is 0 Å². The third kappa shape index (κ3) is 3.28. The van der Waals surface area contributed by atoms with Crippen molar-refractivity contribution in [2.45, 2.75) is 20.8 Å². The Labute approximate surface area is 62.3 Å². The number of rotatable bonds is 2. The van der Waals surface area contributed by atoms with Crippen molar-refractivity contribution in [2.75, 3.05) is 6.54 Å². The van der Waals surface area contributed by atoms with Gasteiger partial charge in [-0.15, -0.1) is 6.58 Å². The van der Waals surface area contributed by atoms with Crippen LogP contribution in [0.5, 0.6) is 0 Å². The predicted octanol–water partition coefficient (Wildman–Crippen LogP) is 1.33. The third-order valence-electron chi connectivity index (χ3n) is 1.09. The summed E-state index contributed by atoms with van der Waals surface area (Å²) in [5.41, 5.74) is -0.289. The number of nitrogens with one attached hydrogen (secondary N) is 1. The number of hydrogen-bond acceptors (Lipinski definition) is 1. The molecule has 0 aromatic carbocycles. The highest BCUT2D eigenvalue weighted by Gasteiger charge is 2.19. The van der Waals surface area contributed by atoms with Crippen LogP contribution in [-0.4, -0.2) is 12.5 Å². The minimum atomic E-state index is -0.289. The van der Waals surface area contributed by atoms with Gasteiger partial charge in [-0.2, -0.15) is 0 Å². The van der Waals surface area contributed by atoms with Crippen molar-refractivity contribution in [1.82, 2.24) is 5.32 Å². The molecule has 0 unspecified atom stereocenters. The van der Waals surface area contributed by atoms with E-state index in [1.807, 2.05) is 20.8 Å². The summed E-state index contributed by atoms with van der Waals surface area (Å²) < 4.78 is 0. The van der Waals surface area contributed by atoms with E-state index < -0.39 is 0 Å². The Balaban J connectivity index is 3.74. The molecule has 58 valence electrons. The van der Waals surface area contributed by atoms with Crippen LogP contribution in [0.25, 0.3) is 0 Å². The fourth-order valence-electron chi connectivity index (χ4n) is 0.430. The summed E-state index contributed by atoms with van der Waals surface area (Å²) in [7, 11) is 0. The molecule has 0 saturated heterocycles. The zero-order valence-corrected chi connectivity index (χ0v) is 6.90. The SMILES string of the molecule is C=CCNC(=O)C(C)(C)C. The lowest BCUT2D eigenvalue weighted by Crippen LogP contribution is -2.34. The lowest BCUT2D eigenvalue weighted by atomic mass is 9.96. The van der Waals surface area contributed by atoms with Crippen molar-refractivity contribution in [1.29, 1.82) is 0 Å². The maximum atomic E-state index is 11.1. The maximum Gasteiger partial charge on any atom is 0.225 e. The first-order chi connectivity index (χ1) is 4.48. The summed E-state index contributed by atoms with van der Waals surface area (Å²) >= 11 is 0. The fourth-order valence-corrected chi connectivity index (χ4v) is 0.430.